The number of hydrogen-bond donors (Lipinski definition) is 2. The van der Waals surface area contributed by atoms with Crippen molar-refractivity contribution in [2.45, 2.75) is 116 Å². The molecular weight excluding hydrogens is 375 g/mol. The second-order valence-corrected chi connectivity index (χ2v) is 7.22. The number of rotatable bonds is 19. The van der Waals surface area contributed by atoms with E-state index in [0.717, 1.165) is 12.8 Å². The Kier molecular flexibility index (Phi) is 32.0. The molecule has 0 bridgehead atoms. The molecule has 0 fully saturated rings. The van der Waals surface area contributed by atoms with Crippen LogP contribution in [0.2, 0.25) is 0 Å². The van der Waals surface area contributed by atoms with Crippen LogP contribution in [0.15, 0.2) is 0 Å². The van der Waals surface area contributed by atoms with Gasteiger partial charge in [0.15, 0.2) is 0 Å². The van der Waals surface area contributed by atoms with E-state index in [1.165, 1.54) is 83.5 Å². The van der Waals surface area contributed by atoms with Crippen LogP contribution in [0.1, 0.15) is 110 Å². The average molecular weight is 417 g/mol. The fourth-order valence-corrected chi connectivity index (χ4v) is 2.95. The largest absolute Gasteiger partial charge is 1.00 e. The summed E-state index contributed by atoms with van der Waals surface area (Å²) in [5.74, 6) is -0.276. The van der Waals surface area contributed by atoms with Crippen molar-refractivity contribution in [1.29, 1.82) is 0 Å². The number of carbonyl (C=O) groups is 1. The number of unbranched alkanes of at least 4 members (excludes halogenated alkanes) is 14. The van der Waals surface area contributed by atoms with E-state index in [4.69, 9.17) is 14.9 Å². The molecule has 4 nitrogen and oxygen atoms in total. The maximum absolute atomic E-state index is 11.4. The molecule has 2 N–H and O–H groups in total. The second-order valence-electron chi connectivity index (χ2n) is 7.22. The van der Waals surface area contributed by atoms with Gasteiger partial charge in [-0.3, -0.25) is 4.79 Å². The molecule has 0 aliphatic rings. The first-order valence-electron chi connectivity index (χ1n) is 10.6. The number of hydrogen-bond acceptors (Lipinski definition) is 4. The van der Waals surface area contributed by atoms with Gasteiger partial charge in [-0.2, -0.15) is 0 Å². The van der Waals surface area contributed by atoms with Gasteiger partial charge in [-0.25, -0.2) is 0 Å². The minimum atomic E-state index is -0.954. The molecule has 0 aromatic carbocycles. The maximum atomic E-state index is 11.4. The predicted molar refractivity (Wildman–Crippen MR) is 104 cm³/mol. The van der Waals surface area contributed by atoms with Crippen LogP contribution in [0, 0.1) is 0 Å². The second kappa shape index (κ2) is 26.7. The van der Waals surface area contributed by atoms with Crippen molar-refractivity contribution in [3.8, 4) is 0 Å². The molecule has 1 unspecified atom stereocenters. The van der Waals surface area contributed by atoms with Crippen molar-refractivity contribution in [3.05, 3.63) is 0 Å². The van der Waals surface area contributed by atoms with Crippen LogP contribution in [-0.2, 0) is 9.53 Å². The SMILES string of the molecule is CCCCCCCCCCCCCCCCCC(=O)OCC(O)CO.[Cl-].[Na+]. The predicted octanol–water partition coefficient (Wildman–Crippen LogP) is -0.848. The molecule has 0 aliphatic carbocycles. The number of aliphatic hydroxyl groups excluding tert-OH is 2. The summed E-state index contributed by atoms with van der Waals surface area (Å²) in [6.07, 6.45) is 19.0. The number of ether oxygens (including phenoxy) is 1. The third-order valence-electron chi connectivity index (χ3n) is 4.63. The minimum absolute atomic E-state index is 0. The first-order valence-corrected chi connectivity index (χ1v) is 10.6. The molecule has 158 valence electrons. The molecule has 0 saturated carbocycles. The van der Waals surface area contributed by atoms with Crippen LogP contribution in [-0.4, -0.2) is 35.5 Å². The topological polar surface area (TPSA) is 66.8 Å². The Bertz CT molecular complexity index is 293. The summed E-state index contributed by atoms with van der Waals surface area (Å²) >= 11 is 0. The van der Waals surface area contributed by atoms with Crippen molar-refractivity contribution < 1.29 is 61.7 Å². The minimum Gasteiger partial charge on any atom is -1.00 e. The Labute approximate surface area is 195 Å². The normalized spacial score (nSPS) is 11.4. The quantitative estimate of drug-likeness (QED) is 0.163. The molecule has 0 aliphatic heterocycles. The average Bonchev–Trinajstić information content (AvgIpc) is 2.62. The van der Waals surface area contributed by atoms with Crippen molar-refractivity contribution in [1.82, 2.24) is 0 Å². The molecule has 27 heavy (non-hydrogen) atoms. The summed E-state index contributed by atoms with van der Waals surface area (Å²) in [5, 5.41) is 17.7. The van der Waals surface area contributed by atoms with Gasteiger partial charge in [-0.15, -0.1) is 0 Å². The summed E-state index contributed by atoms with van der Waals surface area (Å²) in [6, 6.07) is 0. The Morgan fingerprint density at radius 2 is 1.15 bits per heavy atom. The maximum Gasteiger partial charge on any atom is 1.00 e. The molecule has 0 rings (SSSR count). The van der Waals surface area contributed by atoms with E-state index in [-0.39, 0.29) is 61.1 Å². The smallest absolute Gasteiger partial charge is 1.00 e. The summed E-state index contributed by atoms with van der Waals surface area (Å²) < 4.78 is 4.86. The molecule has 0 spiro atoms. The first-order chi connectivity index (χ1) is 12.2. The van der Waals surface area contributed by atoms with Crippen LogP contribution in [0.5, 0.6) is 0 Å². The molecule has 0 aromatic heterocycles. The van der Waals surface area contributed by atoms with Gasteiger partial charge in [0.1, 0.15) is 12.7 Å². The van der Waals surface area contributed by atoms with E-state index in [9.17, 15) is 4.79 Å². The Hall–Kier alpha value is 0.680. The molecular formula is C21H42ClNaO4. The third kappa shape index (κ3) is 26.7. The molecule has 0 aromatic rings. The first kappa shape index (κ1) is 32.3. The van der Waals surface area contributed by atoms with Crippen LogP contribution < -0.4 is 42.0 Å². The third-order valence-corrected chi connectivity index (χ3v) is 4.63. The van der Waals surface area contributed by atoms with Crippen molar-refractivity contribution in [3.63, 3.8) is 0 Å². The summed E-state index contributed by atoms with van der Waals surface area (Å²) in [4.78, 5) is 11.4. The van der Waals surface area contributed by atoms with E-state index in [2.05, 4.69) is 6.92 Å². The van der Waals surface area contributed by atoms with E-state index in [0.29, 0.717) is 6.42 Å². The van der Waals surface area contributed by atoms with E-state index < -0.39 is 6.10 Å². The van der Waals surface area contributed by atoms with Crippen LogP contribution >= 0.6 is 0 Å². The van der Waals surface area contributed by atoms with Crippen molar-refractivity contribution in [2.24, 2.45) is 0 Å². The van der Waals surface area contributed by atoms with Crippen molar-refractivity contribution in [2.75, 3.05) is 13.2 Å². The van der Waals surface area contributed by atoms with E-state index >= 15 is 0 Å². The zero-order valence-electron chi connectivity index (χ0n) is 17.9. The van der Waals surface area contributed by atoms with Crippen LogP contribution in [0.4, 0.5) is 0 Å². The molecule has 0 saturated heterocycles. The fourth-order valence-electron chi connectivity index (χ4n) is 2.95. The zero-order chi connectivity index (χ0) is 18.6. The van der Waals surface area contributed by atoms with Gasteiger partial charge < -0.3 is 27.4 Å². The molecule has 0 radical (unpaired) electrons. The van der Waals surface area contributed by atoms with Gasteiger partial charge in [0.05, 0.1) is 6.61 Å². The van der Waals surface area contributed by atoms with Gasteiger partial charge >= 0.3 is 35.5 Å². The van der Waals surface area contributed by atoms with E-state index in [1.54, 1.807) is 0 Å². The molecule has 0 heterocycles. The number of aliphatic hydroxyl groups is 2. The standard InChI is InChI=1S/C21H42O4.ClH.Na/c1-2-3-4-5-6-7-8-9-10-11-12-13-14-15-16-17-21(24)25-19-20(23)18-22;;/h20,22-23H,2-19H2,1H3;1H;/q;;+1/p-1. The van der Waals surface area contributed by atoms with Gasteiger partial charge in [-0.05, 0) is 6.42 Å². The number of esters is 1. The Balaban J connectivity index is -0.00000288. The fraction of sp³-hybridized carbons (Fsp3) is 0.952. The molecule has 0 amide bonds. The van der Waals surface area contributed by atoms with Gasteiger partial charge in [-0.1, -0.05) is 96.8 Å². The monoisotopic (exact) mass is 416 g/mol. The summed E-state index contributed by atoms with van der Waals surface area (Å²) in [6.45, 7) is 1.79. The molecule has 1 atom stereocenters. The van der Waals surface area contributed by atoms with Gasteiger partial charge in [0.2, 0.25) is 0 Å². The van der Waals surface area contributed by atoms with Crippen LogP contribution in [0.25, 0.3) is 0 Å². The van der Waals surface area contributed by atoms with Crippen molar-refractivity contribution >= 4 is 5.97 Å². The number of carbonyl (C=O) groups excluding carboxylic acids is 1. The Morgan fingerprint density at radius 3 is 1.52 bits per heavy atom. The number of halogens is 1. The van der Waals surface area contributed by atoms with Gasteiger partial charge in [0, 0.05) is 6.42 Å². The summed E-state index contributed by atoms with van der Waals surface area (Å²) in [5.41, 5.74) is 0. The molecule has 6 heteroatoms. The van der Waals surface area contributed by atoms with E-state index in [1.807, 2.05) is 0 Å². The zero-order valence-corrected chi connectivity index (χ0v) is 20.7. The van der Waals surface area contributed by atoms with Gasteiger partial charge in [0.25, 0.3) is 0 Å². The summed E-state index contributed by atoms with van der Waals surface area (Å²) in [7, 11) is 0. The Morgan fingerprint density at radius 1 is 0.778 bits per heavy atom. The van der Waals surface area contributed by atoms with Crippen LogP contribution in [0.3, 0.4) is 0 Å².